The van der Waals surface area contributed by atoms with Crippen LogP contribution in [-0.4, -0.2) is 26.2 Å². The van der Waals surface area contributed by atoms with E-state index in [1.165, 1.54) is 7.11 Å². The number of carbonyl (C=O) groups is 1. The van der Waals surface area contributed by atoms with E-state index in [-0.39, 0.29) is 11.8 Å². The van der Waals surface area contributed by atoms with Crippen LogP contribution in [0, 0.1) is 5.92 Å². The van der Waals surface area contributed by atoms with E-state index in [9.17, 15) is 4.79 Å². The molecule has 3 N–H and O–H groups in total. The number of ether oxygens (including phenoxy) is 2. The number of hydrogen-bond acceptors (Lipinski definition) is 4. The molecular weight excluding hydrogens is 232 g/mol. The van der Waals surface area contributed by atoms with E-state index in [4.69, 9.17) is 15.2 Å². The summed E-state index contributed by atoms with van der Waals surface area (Å²) in [5.74, 6) is 1.05. The minimum absolute atomic E-state index is 0.0780. The monoisotopic (exact) mass is 252 g/mol. The molecule has 5 heteroatoms. The number of hydrogen-bond donors (Lipinski definition) is 2. The predicted octanol–water partition coefficient (Wildman–Crippen LogP) is 1.63. The predicted molar refractivity (Wildman–Crippen MR) is 71.0 cm³/mol. The third kappa shape index (κ3) is 3.37. The molecule has 1 aromatic carbocycles. The summed E-state index contributed by atoms with van der Waals surface area (Å²) < 4.78 is 10.3. The molecule has 1 atom stereocenters. The molecule has 0 spiro atoms. The van der Waals surface area contributed by atoms with E-state index in [1.807, 2.05) is 13.8 Å². The Morgan fingerprint density at radius 2 is 1.94 bits per heavy atom. The van der Waals surface area contributed by atoms with Crippen molar-refractivity contribution in [3.63, 3.8) is 0 Å². The van der Waals surface area contributed by atoms with Crippen molar-refractivity contribution < 1.29 is 14.3 Å². The highest BCUT2D eigenvalue weighted by atomic mass is 16.5. The number of amides is 1. The highest BCUT2D eigenvalue weighted by Crippen LogP contribution is 2.29. The van der Waals surface area contributed by atoms with Gasteiger partial charge in [-0.1, -0.05) is 13.8 Å². The van der Waals surface area contributed by atoms with Crippen molar-refractivity contribution in [2.24, 2.45) is 11.7 Å². The third-order valence-corrected chi connectivity index (χ3v) is 2.69. The number of nitrogens with two attached hydrogens (primary N) is 1. The summed E-state index contributed by atoms with van der Waals surface area (Å²) in [5, 5.41) is 2.75. The number of carbonyl (C=O) groups excluding carboxylic acids is 1. The minimum atomic E-state index is -0.545. The van der Waals surface area contributed by atoms with Crippen LogP contribution >= 0.6 is 0 Å². The Morgan fingerprint density at radius 3 is 2.44 bits per heavy atom. The Hall–Kier alpha value is -1.75. The van der Waals surface area contributed by atoms with Crippen LogP contribution in [0.5, 0.6) is 11.5 Å². The van der Waals surface area contributed by atoms with Gasteiger partial charge in [0.05, 0.1) is 25.9 Å². The maximum Gasteiger partial charge on any atom is 0.241 e. The topological polar surface area (TPSA) is 73.6 Å². The molecule has 0 saturated carbocycles. The first kappa shape index (κ1) is 14.3. The smallest absolute Gasteiger partial charge is 0.241 e. The standard InChI is InChI=1S/C13H20N2O3/c1-8(2)12(14)13(16)15-10-6-5-9(17-3)7-11(10)18-4/h5-8,12H,14H2,1-4H3,(H,15,16). The molecule has 0 radical (unpaired) electrons. The number of methoxy groups -OCH3 is 2. The highest BCUT2D eigenvalue weighted by Gasteiger charge is 2.18. The summed E-state index contributed by atoms with van der Waals surface area (Å²) in [4.78, 5) is 11.9. The Kier molecular flexibility index (Phi) is 4.97. The molecule has 0 aliphatic heterocycles. The van der Waals surface area contributed by atoms with E-state index < -0.39 is 6.04 Å². The van der Waals surface area contributed by atoms with Gasteiger partial charge >= 0.3 is 0 Å². The molecule has 1 rings (SSSR count). The summed E-state index contributed by atoms with van der Waals surface area (Å²) in [6.45, 7) is 3.80. The molecule has 1 aromatic rings. The largest absolute Gasteiger partial charge is 0.497 e. The lowest BCUT2D eigenvalue weighted by Gasteiger charge is -2.17. The zero-order valence-electron chi connectivity index (χ0n) is 11.2. The third-order valence-electron chi connectivity index (χ3n) is 2.69. The molecule has 0 bridgehead atoms. The SMILES string of the molecule is COc1ccc(NC(=O)C(N)C(C)C)c(OC)c1. The van der Waals surface area contributed by atoms with Gasteiger partial charge in [-0.2, -0.15) is 0 Å². The van der Waals surface area contributed by atoms with Crippen LogP contribution in [0.15, 0.2) is 18.2 Å². The molecule has 1 amide bonds. The molecule has 1 unspecified atom stereocenters. The molecule has 0 aliphatic carbocycles. The van der Waals surface area contributed by atoms with E-state index in [2.05, 4.69) is 5.32 Å². The van der Waals surface area contributed by atoms with Crippen LogP contribution in [0.2, 0.25) is 0 Å². The van der Waals surface area contributed by atoms with Gasteiger partial charge in [-0.05, 0) is 18.1 Å². The summed E-state index contributed by atoms with van der Waals surface area (Å²) in [7, 11) is 3.11. The van der Waals surface area contributed by atoms with Gasteiger partial charge in [0.2, 0.25) is 5.91 Å². The number of anilines is 1. The number of nitrogens with one attached hydrogen (secondary N) is 1. The van der Waals surface area contributed by atoms with Crippen LogP contribution in [0.1, 0.15) is 13.8 Å². The fourth-order valence-corrected chi connectivity index (χ4v) is 1.42. The van der Waals surface area contributed by atoms with E-state index in [0.29, 0.717) is 17.2 Å². The first-order valence-corrected chi connectivity index (χ1v) is 5.78. The molecule has 0 heterocycles. The summed E-state index contributed by atoms with van der Waals surface area (Å²) in [5.41, 5.74) is 6.36. The second-order valence-electron chi connectivity index (χ2n) is 4.33. The Morgan fingerprint density at radius 1 is 1.28 bits per heavy atom. The van der Waals surface area contributed by atoms with E-state index in [0.717, 1.165) is 0 Å². The van der Waals surface area contributed by atoms with E-state index >= 15 is 0 Å². The van der Waals surface area contributed by atoms with Gasteiger partial charge < -0.3 is 20.5 Å². The number of rotatable bonds is 5. The van der Waals surface area contributed by atoms with Gasteiger partial charge in [-0.3, -0.25) is 4.79 Å². The van der Waals surface area contributed by atoms with Gasteiger partial charge in [0.15, 0.2) is 0 Å². The molecule has 0 aromatic heterocycles. The average Bonchev–Trinajstić information content (AvgIpc) is 2.37. The second-order valence-corrected chi connectivity index (χ2v) is 4.33. The number of benzene rings is 1. The van der Waals surface area contributed by atoms with Crippen molar-refractivity contribution in [1.82, 2.24) is 0 Å². The van der Waals surface area contributed by atoms with Gasteiger partial charge in [-0.15, -0.1) is 0 Å². The molecule has 100 valence electrons. The maximum absolute atomic E-state index is 11.9. The molecule has 0 saturated heterocycles. The van der Waals surface area contributed by atoms with Gasteiger partial charge in [-0.25, -0.2) is 0 Å². The second kappa shape index (κ2) is 6.26. The van der Waals surface area contributed by atoms with Gasteiger partial charge in [0, 0.05) is 6.07 Å². The zero-order chi connectivity index (χ0) is 13.7. The maximum atomic E-state index is 11.9. The van der Waals surface area contributed by atoms with Crippen LogP contribution in [0.4, 0.5) is 5.69 Å². The van der Waals surface area contributed by atoms with E-state index in [1.54, 1.807) is 25.3 Å². The fraction of sp³-hybridized carbons (Fsp3) is 0.462. The molecule has 5 nitrogen and oxygen atoms in total. The van der Waals surface area contributed by atoms with Crippen molar-refractivity contribution in [3.8, 4) is 11.5 Å². The Labute approximate surface area is 107 Å². The molecule has 0 fully saturated rings. The van der Waals surface area contributed by atoms with Crippen molar-refractivity contribution in [1.29, 1.82) is 0 Å². The summed E-state index contributed by atoms with van der Waals surface area (Å²) in [6, 6.07) is 4.63. The van der Waals surface area contributed by atoms with Crippen molar-refractivity contribution in [2.45, 2.75) is 19.9 Å². The quantitative estimate of drug-likeness (QED) is 0.835. The van der Waals surface area contributed by atoms with Crippen LogP contribution < -0.4 is 20.5 Å². The first-order valence-electron chi connectivity index (χ1n) is 5.78. The zero-order valence-corrected chi connectivity index (χ0v) is 11.2. The van der Waals surface area contributed by atoms with Gasteiger partial charge in [0.25, 0.3) is 0 Å². The van der Waals surface area contributed by atoms with Crippen molar-refractivity contribution >= 4 is 11.6 Å². The summed E-state index contributed by atoms with van der Waals surface area (Å²) >= 11 is 0. The normalized spacial score (nSPS) is 12.1. The Balaban J connectivity index is 2.87. The Bertz CT molecular complexity index is 419. The fourth-order valence-electron chi connectivity index (χ4n) is 1.42. The lowest BCUT2D eigenvalue weighted by molar-refractivity contribution is -0.118. The van der Waals surface area contributed by atoms with Crippen LogP contribution in [0.25, 0.3) is 0 Å². The minimum Gasteiger partial charge on any atom is -0.497 e. The molecule has 0 aliphatic rings. The van der Waals surface area contributed by atoms with Gasteiger partial charge in [0.1, 0.15) is 11.5 Å². The first-order chi connectivity index (χ1) is 8.49. The van der Waals surface area contributed by atoms with Crippen molar-refractivity contribution in [2.75, 3.05) is 19.5 Å². The molecular formula is C13H20N2O3. The lowest BCUT2D eigenvalue weighted by atomic mass is 10.0. The lowest BCUT2D eigenvalue weighted by Crippen LogP contribution is -2.39. The van der Waals surface area contributed by atoms with Crippen molar-refractivity contribution in [3.05, 3.63) is 18.2 Å². The van der Waals surface area contributed by atoms with Crippen LogP contribution in [-0.2, 0) is 4.79 Å². The highest BCUT2D eigenvalue weighted by molar-refractivity contribution is 5.96. The average molecular weight is 252 g/mol. The van der Waals surface area contributed by atoms with Crippen LogP contribution in [0.3, 0.4) is 0 Å². The summed E-state index contributed by atoms with van der Waals surface area (Å²) in [6.07, 6.45) is 0. The molecule has 18 heavy (non-hydrogen) atoms.